The smallest absolute Gasteiger partial charge is 0.128 e. The molecule has 1 aromatic heterocycles. The van der Waals surface area contributed by atoms with Crippen LogP contribution in [0.2, 0.25) is 0 Å². The third-order valence-corrected chi connectivity index (χ3v) is 12.8. The summed E-state index contributed by atoms with van der Waals surface area (Å²) in [7, 11) is 0. The van der Waals surface area contributed by atoms with E-state index in [1.54, 1.807) is 0 Å². The Balaban J connectivity index is 0.921. The Kier molecular flexibility index (Phi) is 7.13. The van der Waals surface area contributed by atoms with Gasteiger partial charge in [-0.25, -0.2) is 0 Å². The number of allylic oxidation sites excluding steroid dienone is 2. The van der Waals surface area contributed by atoms with Crippen molar-refractivity contribution in [3.63, 3.8) is 0 Å². The SMILES string of the molecule is C1=CC2Oc3cc4c(cc3C2C=C1)[C@H](Cc1ccc2c(c1)sc1c(-c3ccc(-c5cccc(-c6ccccc6)c5)cc3)cccc12)Cc1ccccc1-4. The van der Waals surface area contributed by atoms with Gasteiger partial charge in [-0.1, -0.05) is 152 Å². The number of hydrogen-bond acceptors (Lipinski definition) is 2. The summed E-state index contributed by atoms with van der Waals surface area (Å²) in [6.07, 6.45) is 10.9. The fourth-order valence-corrected chi connectivity index (χ4v) is 10.3. The van der Waals surface area contributed by atoms with Crippen LogP contribution < -0.4 is 4.74 Å². The summed E-state index contributed by atoms with van der Waals surface area (Å²) in [6, 6.07) is 56.4. The van der Waals surface area contributed by atoms with Crippen LogP contribution in [0.3, 0.4) is 0 Å². The van der Waals surface area contributed by atoms with E-state index >= 15 is 0 Å². The second-order valence-electron chi connectivity index (χ2n) is 14.8. The summed E-state index contributed by atoms with van der Waals surface area (Å²) in [6.45, 7) is 0. The van der Waals surface area contributed by atoms with Gasteiger partial charge in [0.05, 0.1) is 0 Å². The average Bonchev–Trinajstić information content (AvgIpc) is 3.78. The number of fused-ring (bicyclic) bond motifs is 9. The predicted molar refractivity (Wildman–Crippen MR) is 223 cm³/mol. The van der Waals surface area contributed by atoms with Crippen LogP contribution in [0.5, 0.6) is 5.75 Å². The monoisotopic (exact) mass is 696 g/mol. The van der Waals surface area contributed by atoms with E-state index in [0.717, 1.165) is 18.6 Å². The normalized spacial score (nSPS) is 18.0. The lowest BCUT2D eigenvalue weighted by molar-refractivity contribution is 0.269. The summed E-state index contributed by atoms with van der Waals surface area (Å²) >= 11 is 1.93. The molecule has 0 radical (unpaired) electrons. The van der Waals surface area contributed by atoms with Crippen LogP contribution in [0, 0.1) is 0 Å². The molecule has 1 aliphatic heterocycles. The summed E-state index contributed by atoms with van der Waals surface area (Å²) < 4.78 is 9.19. The Morgan fingerprint density at radius 2 is 1.26 bits per heavy atom. The molecule has 0 amide bonds. The molecule has 3 atom stereocenters. The Morgan fingerprint density at radius 3 is 2.15 bits per heavy atom. The van der Waals surface area contributed by atoms with Crippen molar-refractivity contribution in [2.24, 2.45) is 0 Å². The molecular weight excluding hydrogens is 661 g/mol. The van der Waals surface area contributed by atoms with Gasteiger partial charge in [0.15, 0.2) is 0 Å². The molecule has 2 aliphatic carbocycles. The Morgan fingerprint density at radius 1 is 0.528 bits per heavy atom. The number of benzene rings is 7. The maximum Gasteiger partial charge on any atom is 0.128 e. The minimum atomic E-state index is 0.0998. The lowest BCUT2D eigenvalue weighted by atomic mass is 9.75. The molecule has 0 spiro atoms. The van der Waals surface area contributed by atoms with Crippen molar-refractivity contribution in [2.75, 3.05) is 0 Å². The molecule has 8 aromatic rings. The zero-order valence-electron chi connectivity index (χ0n) is 29.2. The van der Waals surface area contributed by atoms with Gasteiger partial charge < -0.3 is 4.74 Å². The molecule has 3 aliphatic rings. The minimum absolute atomic E-state index is 0.0998. The highest BCUT2D eigenvalue weighted by molar-refractivity contribution is 7.26. The molecule has 53 heavy (non-hydrogen) atoms. The van der Waals surface area contributed by atoms with Gasteiger partial charge in [0.1, 0.15) is 11.9 Å². The van der Waals surface area contributed by atoms with Crippen LogP contribution in [0.25, 0.3) is 64.7 Å². The Hall–Kier alpha value is -5.96. The lowest BCUT2D eigenvalue weighted by Gasteiger charge is -2.29. The van der Waals surface area contributed by atoms with E-state index < -0.39 is 0 Å². The molecule has 2 heteroatoms. The molecule has 2 heterocycles. The second kappa shape index (κ2) is 12.3. The first-order chi connectivity index (χ1) is 26.2. The molecule has 7 aromatic carbocycles. The van der Waals surface area contributed by atoms with Gasteiger partial charge in [-0.15, -0.1) is 11.3 Å². The fraction of sp³-hybridized carbons (Fsp3) is 0.0980. The van der Waals surface area contributed by atoms with Crippen molar-refractivity contribution >= 4 is 31.5 Å². The molecule has 0 fully saturated rings. The molecule has 11 rings (SSSR count). The second-order valence-corrected chi connectivity index (χ2v) is 15.8. The number of ether oxygens (including phenoxy) is 1. The molecule has 0 N–H and O–H groups in total. The quantitative estimate of drug-likeness (QED) is 0.174. The zero-order valence-corrected chi connectivity index (χ0v) is 30.0. The minimum Gasteiger partial charge on any atom is -0.485 e. The first-order valence-electron chi connectivity index (χ1n) is 18.7. The van der Waals surface area contributed by atoms with Crippen LogP contribution in [-0.2, 0) is 12.8 Å². The molecule has 0 bridgehead atoms. The lowest BCUT2D eigenvalue weighted by Crippen LogP contribution is -2.16. The van der Waals surface area contributed by atoms with Gasteiger partial charge in [0.2, 0.25) is 0 Å². The van der Waals surface area contributed by atoms with E-state index in [1.165, 1.54) is 86.9 Å². The van der Waals surface area contributed by atoms with E-state index in [2.05, 4.69) is 176 Å². The largest absolute Gasteiger partial charge is 0.485 e. The average molecular weight is 697 g/mol. The van der Waals surface area contributed by atoms with Crippen LogP contribution in [-0.4, -0.2) is 6.10 Å². The highest BCUT2D eigenvalue weighted by atomic mass is 32.1. The topological polar surface area (TPSA) is 9.23 Å². The molecular formula is C51H36OS. The number of thiophene rings is 1. The third-order valence-electron chi connectivity index (χ3n) is 11.6. The van der Waals surface area contributed by atoms with Crippen molar-refractivity contribution in [1.29, 1.82) is 0 Å². The maximum atomic E-state index is 6.47. The predicted octanol–water partition coefficient (Wildman–Crippen LogP) is 13.6. The van der Waals surface area contributed by atoms with Gasteiger partial charge in [0, 0.05) is 31.7 Å². The third kappa shape index (κ3) is 5.20. The molecule has 2 unspecified atom stereocenters. The summed E-state index contributed by atoms with van der Waals surface area (Å²) in [5.74, 6) is 1.74. The standard InChI is InChI=1S/C51H36OS/c1-2-10-33(11-3-1)36-13-8-14-37(28-36)34-21-23-35(24-22-34)41-17-9-18-44-43-25-20-32(27-50(43)53-51(41)44)26-39-29-38-12-4-5-15-40(38)46-31-49-47(30-45(39)46)42-16-6-7-19-48(42)52-49/h1-25,27-28,30-31,39,42,48H,26,29H2/t39-,42?,48?/m1/s1. The van der Waals surface area contributed by atoms with Crippen LogP contribution in [0.1, 0.15) is 34.1 Å². The highest BCUT2D eigenvalue weighted by Gasteiger charge is 2.35. The van der Waals surface area contributed by atoms with Gasteiger partial charge in [0.25, 0.3) is 0 Å². The molecule has 1 nitrogen and oxygen atoms in total. The zero-order chi connectivity index (χ0) is 34.9. The van der Waals surface area contributed by atoms with Crippen LogP contribution in [0.15, 0.2) is 176 Å². The first kappa shape index (κ1) is 30.6. The fourth-order valence-electron chi connectivity index (χ4n) is 9.03. The molecule has 252 valence electrons. The number of rotatable bonds is 5. The van der Waals surface area contributed by atoms with Gasteiger partial charge in [-0.2, -0.15) is 0 Å². The van der Waals surface area contributed by atoms with Crippen molar-refractivity contribution in [3.8, 4) is 50.3 Å². The van der Waals surface area contributed by atoms with Crippen LogP contribution >= 0.6 is 11.3 Å². The maximum absolute atomic E-state index is 6.47. The van der Waals surface area contributed by atoms with Gasteiger partial charge >= 0.3 is 0 Å². The Labute approximate surface area is 314 Å². The van der Waals surface area contributed by atoms with E-state index in [0.29, 0.717) is 11.8 Å². The van der Waals surface area contributed by atoms with Crippen molar-refractivity contribution in [2.45, 2.75) is 30.8 Å². The summed E-state index contributed by atoms with van der Waals surface area (Å²) in [5, 5.41) is 2.68. The Bertz CT molecular complexity index is 2770. The number of hydrogen-bond donors (Lipinski definition) is 0. The van der Waals surface area contributed by atoms with Gasteiger partial charge in [-0.3, -0.25) is 0 Å². The van der Waals surface area contributed by atoms with Crippen LogP contribution in [0.4, 0.5) is 0 Å². The summed E-state index contributed by atoms with van der Waals surface area (Å²) in [4.78, 5) is 0. The molecule has 0 saturated heterocycles. The van der Waals surface area contributed by atoms with E-state index in [9.17, 15) is 0 Å². The summed E-state index contributed by atoms with van der Waals surface area (Å²) in [5.41, 5.74) is 15.8. The highest BCUT2D eigenvalue weighted by Crippen LogP contribution is 2.50. The first-order valence-corrected chi connectivity index (χ1v) is 19.5. The van der Waals surface area contributed by atoms with Crippen molar-refractivity contribution in [3.05, 3.63) is 198 Å². The van der Waals surface area contributed by atoms with E-state index in [1.807, 2.05) is 11.3 Å². The van der Waals surface area contributed by atoms with Crippen molar-refractivity contribution < 1.29 is 4.74 Å². The van der Waals surface area contributed by atoms with Crippen molar-refractivity contribution in [1.82, 2.24) is 0 Å². The van der Waals surface area contributed by atoms with E-state index in [-0.39, 0.29) is 6.10 Å². The van der Waals surface area contributed by atoms with Gasteiger partial charge in [-0.05, 0) is 104 Å². The molecule has 0 saturated carbocycles. The van der Waals surface area contributed by atoms with E-state index in [4.69, 9.17) is 4.74 Å².